The lowest BCUT2D eigenvalue weighted by atomic mass is 10.2. The SMILES string of the molecule is COC(=O)c1ccccc1NS(=O)(=O)c1ccc(NC(=O)c2cccc(Cl)c2)c(F)c1. The van der Waals surface area contributed by atoms with Crippen molar-refractivity contribution in [3.63, 3.8) is 0 Å². The molecule has 0 saturated heterocycles. The predicted octanol–water partition coefficient (Wildman–Crippen LogP) is 4.32. The highest BCUT2D eigenvalue weighted by molar-refractivity contribution is 7.92. The molecular weight excluding hydrogens is 447 g/mol. The van der Waals surface area contributed by atoms with E-state index in [0.29, 0.717) is 5.02 Å². The average Bonchev–Trinajstić information content (AvgIpc) is 2.74. The molecule has 0 aliphatic rings. The largest absolute Gasteiger partial charge is 0.465 e. The van der Waals surface area contributed by atoms with E-state index in [2.05, 4.69) is 14.8 Å². The van der Waals surface area contributed by atoms with Crippen LogP contribution in [-0.2, 0) is 14.8 Å². The Bertz CT molecular complexity index is 1260. The van der Waals surface area contributed by atoms with Crippen molar-refractivity contribution in [2.45, 2.75) is 4.90 Å². The summed E-state index contributed by atoms with van der Waals surface area (Å²) in [4.78, 5) is 23.7. The van der Waals surface area contributed by atoms with Crippen LogP contribution < -0.4 is 10.0 Å². The van der Waals surface area contributed by atoms with Crippen LogP contribution in [-0.4, -0.2) is 27.4 Å². The summed E-state index contributed by atoms with van der Waals surface area (Å²) >= 11 is 5.84. The van der Waals surface area contributed by atoms with Crippen molar-refractivity contribution in [2.75, 3.05) is 17.1 Å². The second-order valence-corrected chi connectivity index (χ2v) is 8.37. The Kier molecular flexibility index (Phi) is 6.57. The van der Waals surface area contributed by atoms with Gasteiger partial charge in [0.05, 0.1) is 28.9 Å². The predicted molar refractivity (Wildman–Crippen MR) is 114 cm³/mol. The lowest BCUT2D eigenvalue weighted by Crippen LogP contribution is -2.17. The smallest absolute Gasteiger partial charge is 0.339 e. The van der Waals surface area contributed by atoms with E-state index < -0.39 is 32.6 Å². The molecule has 0 saturated carbocycles. The maximum absolute atomic E-state index is 14.5. The number of benzene rings is 3. The molecule has 0 spiro atoms. The molecule has 0 bridgehead atoms. The van der Waals surface area contributed by atoms with E-state index in [1.165, 1.54) is 37.4 Å². The van der Waals surface area contributed by atoms with Crippen molar-refractivity contribution in [1.29, 1.82) is 0 Å². The maximum atomic E-state index is 14.5. The van der Waals surface area contributed by atoms with Crippen LogP contribution in [0.4, 0.5) is 15.8 Å². The van der Waals surface area contributed by atoms with Crippen molar-refractivity contribution in [1.82, 2.24) is 0 Å². The number of halogens is 2. The minimum atomic E-state index is -4.23. The minimum Gasteiger partial charge on any atom is -0.465 e. The van der Waals surface area contributed by atoms with Crippen LogP contribution in [0, 0.1) is 5.82 Å². The molecule has 10 heteroatoms. The number of rotatable bonds is 6. The highest BCUT2D eigenvalue weighted by atomic mass is 35.5. The van der Waals surface area contributed by atoms with Gasteiger partial charge in [0.25, 0.3) is 15.9 Å². The number of methoxy groups -OCH3 is 1. The van der Waals surface area contributed by atoms with E-state index in [9.17, 15) is 22.4 Å². The summed E-state index contributed by atoms with van der Waals surface area (Å²) in [5, 5.41) is 2.71. The molecule has 0 aliphatic heterocycles. The van der Waals surface area contributed by atoms with Crippen LogP contribution in [0.3, 0.4) is 0 Å². The molecule has 2 N–H and O–H groups in total. The molecule has 0 unspecified atom stereocenters. The zero-order chi connectivity index (χ0) is 22.6. The normalized spacial score (nSPS) is 10.9. The molecule has 0 radical (unpaired) electrons. The van der Waals surface area contributed by atoms with Crippen LogP contribution in [0.15, 0.2) is 71.6 Å². The van der Waals surface area contributed by atoms with Crippen molar-refractivity contribution >= 4 is 44.9 Å². The number of esters is 1. The quantitative estimate of drug-likeness (QED) is 0.531. The van der Waals surface area contributed by atoms with Gasteiger partial charge in [-0.15, -0.1) is 0 Å². The average molecular weight is 463 g/mol. The summed E-state index contributed by atoms with van der Waals surface area (Å²) in [7, 11) is -3.06. The van der Waals surface area contributed by atoms with Crippen LogP contribution >= 0.6 is 11.6 Å². The van der Waals surface area contributed by atoms with Crippen molar-refractivity contribution in [3.05, 3.63) is 88.7 Å². The summed E-state index contributed by atoms with van der Waals surface area (Å²) in [6.45, 7) is 0. The highest BCUT2D eigenvalue weighted by Gasteiger charge is 2.21. The molecule has 31 heavy (non-hydrogen) atoms. The third-order valence-electron chi connectivity index (χ3n) is 4.16. The van der Waals surface area contributed by atoms with Gasteiger partial charge in [0, 0.05) is 10.6 Å². The van der Waals surface area contributed by atoms with Gasteiger partial charge in [0.2, 0.25) is 0 Å². The Morgan fingerprint density at radius 3 is 2.39 bits per heavy atom. The fourth-order valence-corrected chi connectivity index (χ4v) is 3.93. The molecule has 160 valence electrons. The molecule has 0 aromatic heterocycles. The van der Waals surface area contributed by atoms with Gasteiger partial charge in [-0.3, -0.25) is 9.52 Å². The van der Waals surface area contributed by atoms with E-state index >= 15 is 0 Å². The van der Waals surface area contributed by atoms with E-state index in [1.807, 2.05) is 0 Å². The Balaban J connectivity index is 1.84. The summed E-state index contributed by atoms with van der Waals surface area (Å²) in [6.07, 6.45) is 0. The summed E-state index contributed by atoms with van der Waals surface area (Å²) in [5.74, 6) is -2.30. The van der Waals surface area contributed by atoms with Crippen LogP contribution in [0.2, 0.25) is 5.02 Å². The fourth-order valence-electron chi connectivity index (χ4n) is 2.65. The molecular formula is C21H16ClFN2O5S. The van der Waals surface area contributed by atoms with Gasteiger partial charge >= 0.3 is 5.97 Å². The minimum absolute atomic E-state index is 0.000507. The fraction of sp³-hybridized carbons (Fsp3) is 0.0476. The number of ether oxygens (including phenoxy) is 1. The molecule has 0 fully saturated rings. The van der Waals surface area contributed by atoms with Gasteiger partial charge in [-0.25, -0.2) is 17.6 Å². The lowest BCUT2D eigenvalue weighted by molar-refractivity contribution is 0.0602. The first kappa shape index (κ1) is 22.3. The molecule has 3 aromatic carbocycles. The third kappa shape index (κ3) is 5.19. The highest BCUT2D eigenvalue weighted by Crippen LogP contribution is 2.24. The van der Waals surface area contributed by atoms with Crippen LogP contribution in [0.5, 0.6) is 0 Å². The number of sulfonamides is 1. The third-order valence-corrected chi connectivity index (χ3v) is 5.76. The Morgan fingerprint density at radius 1 is 0.968 bits per heavy atom. The van der Waals surface area contributed by atoms with E-state index in [1.54, 1.807) is 18.2 Å². The number of carbonyl (C=O) groups excluding carboxylic acids is 2. The summed E-state index contributed by atoms with van der Waals surface area (Å²) < 4.78 is 46.8. The zero-order valence-corrected chi connectivity index (χ0v) is 17.6. The van der Waals surface area contributed by atoms with E-state index in [0.717, 1.165) is 18.2 Å². The molecule has 0 aliphatic carbocycles. The number of hydrogen-bond donors (Lipinski definition) is 2. The maximum Gasteiger partial charge on any atom is 0.339 e. The van der Waals surface area contributed by atoms with Gasteiger partial charge in [0.1, 0.15) is 5.82 Å². The number of anilines is 2. The number of carbonyl (C=O) groups is 2. The standard InChI is InChI=1S/C21H16ClFN2O5S/c1-30-21(27)16-7-2-3-8-18(16)25-31(28,29)15-9-10-19(17(23)12-15)24-20(26)13-5-4-6-14(22)11-13/h2-12,25H,1H3,(H,24,26). The summed E-state index contributed by atoms with van der Waals surface area (Å²) in [5.41, 5.74) is -0.0175. The number of nitrogens with one attached hydrogen (secondary N) is 2. The Morgan fingerprint density at radius 2 is 1.71 bits per heavy atom. The monoisotopic (exact) mass is 462 g/mol. The first-order valence-electron chi connectivity index (χ1n) is 8.78. The van der Waals surface area contributed by atoms with Gasteiger partial charge in [0.15, 0.2) is 0 Å². The number of amides is 1. The molecule has 0 atom stereocenters. The van der Waals surface area contributed by atoms with Crippen LogP contribution in [0.25, 0.3) is 0 Å². The Labute approximate surface area is 182 Å². The van der Waals surface area contributed by atoms with E-state index in [-0.39, 0.29) is 22.5 Å². The van der Waals surface area contributed by atoms with Gasteiger partial charge in [-0.1, -0.05) is 29.8 Å². The number of para-hydroxylation sites is 1. The van der Waals surface area contributed by atoms with Crippen molar-refractivity contribution in [2.24, 2.45) is 0 Å². The first-order chi connectivity index (χ1) is 14.7. The van der Waals surface area contributed by atoms with Gasteiger partial charge in [-0.2, -0.15) is 0 Å². The Hall–Kier alpha value is -3.43. The molecule has 1 amide bonds. The second kappa shape index (κ2) is 9.15. The summed E-state index contributed by atoms with van der Waals surface area (Å²) in [6, 6.07) is 14.9. The molecule has 0 heterocycles. The van der Waals surface area contributed by atoms with Crippen molar-refractivity contribution in [3.8, 4) is 0 Å². The zero-order valence-electron chi connectivity index (χ0n) is 16.1. The molecule has 7 nitrogen and oxygen atoms in total. The second-order valence-electron chi connectivity index (χ2n) is 6.25. The van der Waals surface area contributed by atoms with Crippen LogP contribution in [0.1, 0.15) is 20.7 Å². The van der Waals surface area contributed by atoms with Gasteiger partial charge < -0.3 is 10.1 Å². The first-order valence-corrected chi connectivity index (χ1v) is 10.6. The lowest BCUT2D eigenvalue weighted by Gasteiger charge is -2.12. The van der Waals surface area contributed by atoms with Gasteiger partial charge in [-0.05, 0) is 48.5 Å². The van der Waals surface area contributed by atoms with E-state index in [4.69, 9.17) is 11.6 Å². The molecule has 3 rings (SSSR count). The van der Waals surface area contributed by atoms with Crippen molar-refractivity contribution < 1.29 is 27.1 Å². The molecule has 3 aromatic rings. The topological polar surface area (TPSA) is 102 Å². The number of hydrogen-bond acceptors (Lipinski definition) is 5.